The predicted octanol–water partition coefficient (Wildman–Crippen LogP) is 4.30. The Bertz CT molecular complexity index is 1290. The van der Waals surface area contributed by atoms with Crippen LogP contribution in [-0.4, -0.2) is 77.8 Å². The number of carbonyl (C=O) groups is 5. The van der Waals surface area contributed by atoms with E-state index in [1.807, 2.05) is 88.4 Å². The minimum absolute atomic E-state index is 0.0609. The van der Waals surface area contributed by atoms with Crippen LogP contribution in [0.5, 0.6) is 0 Å². The maximum Gasteiger partial charge on any atom is 0.410 e. The molecule has 0 radical (unpaired) electrons. The second kappa shape index (κ2) is 17.2. The van der Waals surface area contributed by atoms with Crippen LogP contribution in [0.25, 0.3) is 0 Å². The molecule has 1 saturated heterocycles. The molecule has 3 rings (SSSR count). The first-order valence-electron chi connectivity index (χ1n) is 15.5. The number of carbonyl (C=O) groups excluding carboxylic acids is 5. The predicted molar refractivity (Wildman–Crippen MR) is 169 cm³/mol. The highest BCUT2D eigenvalue weighted by molar-refractivity contribution is 5.96. The number of piperidine rings is 1. The molecule has 1 unspecified atom stereocenters. The summed E-state index contributed by atoms with van der Waals surface area (Å²) in [4.78, 5) is 68.1. The number of ether oxygens (including phenoxy) is 2. The summed E-state index contributed by atoms with van der Waals surface area (Å²) >= 11 is 0. The minimum Gasteiger partial charge on any atom is -0.445 e. The van der Waals surface area contributed by atoms with Crippen molar-refractivity contribution in [2.75, 3.05) is 20.1 Å². The van der Waals surface area contributed by atoms with E-state index in [9.17, 15) is 24.0 Å². The second-order valence-corrected chi connectivity index (χ2v) is 12.3. The van der Waals surface area contributed by atoms with E-state index in [4.69, 9.17) is 9.47 Å². The van der Waals surface area contributed by atoms with Gasteiger partial charge < -0.3 is 25.0 Å². The molecule has 0 spiro atoms. The Morgan fingerprint density at radius 2 is 1.42 bits per heavy atom. The van der Waals surface area contributed by atoms with Gasteiger partial charge in [0.25, 0.3) is 0 Å². The van der Waals surface area contributed by atoms with Gasteiger partial charge >= 0.3 is 12.2 Å². The zero-order chi connectivity index (χ0) is 32.9. The monoisotopic (exact) mass is 622 g/mol. The lowest BCUT2D eigenvalue weighted by molar-refractivity contribution is -0.143. The summed E-state index contributed by atoms with van der Waals surface area (Å²) < 4.78 is 10.7. The van der Waals surface area contributed by atoms with Crippen LogP contribution >= 0.6 is 0 Å². The molecule has 2 N–H and O–H groups in total. The number of hydrogen-bond acceptors (Lipinski definition) is 7. The van der Waals surface area contributed by atoms with Gasteiger partial charge in [-0.3, -0.25) is 19.3 Å². The first-order valence-corrected chi connectivity index (χ1v) is 15.5. The van der Waals surface area contributed by atoms with E-state index in [0.717, 1.165) is 11.1 Å². The number of likely N-dealkylation sites (tertiary alicyclic amines) is 1. The molecule has 1 heterocycles. The van der Waals surface area contributed by atoms with E-state index in [2.05, 4.69) is 10.6 Å². The summed E-state index contributed by atoms with van der Waals surface area (Å²) in [5.41, 5.74) is 1.64. The van der Waals surface area contributed by atoms with Crippen LogP contribution < -0.4 is 10.6 Å². The number of nitrogens with zero attached hydrogens (tertiary/aromatic N) is 2. The fourth-order valence-corrected chi connectivity index (χ4v) is 5.08. The minimum atomic E-state index is -0.897. The van der Waals surface area contributed by atoms with Crippen molar-refractivity contribution in [3.8, 4) is 0 Å². The number of hydrogen-bond donors (Lipinski definition) is 2. The molecule has 1 aliphatic heterocycles. The van der Waals surface area contributed by atoms with Gasteiger partial charge in [-0.25, -0.2) is 9.59 Å². The Morgan fingerprint density at radius 3 is 1.96 bits per heavy atom. The van der Waals surface area contributed by atoms with Crippen LogP contribution in [0.15, 0.2) is 60.7 Å². The molecule has 11 nitrogen and oxygen atoms in total. The summed E-state index contributed by atoms with van der Waals surface area (Å²) in [6.45, 7) is 7.91. The van der Waals surface area contributed by atoms with E-state index in [1.54, 1.807) is 0 Å². The fraction of sp³-hybridized carbons (Fsp3) is 0.500. The van der Waals surface area contributed by atoms with Gasteiger partial charge in [0.15, 0.2) is 5.78 Å². The van der Waals surface area contributed by atoms with Gasteiger partial charge in [-0.2, -0.15) is 0 Å². The Morgan fingerprint density at radius 1 is 0.867 bits per heavy atom. The van der Waals surface area contributed by atoms with E-state index in [1.165, 1.54) is 16.8 Å². The SMILES string of the molecule is CC(C)C[C@H](NC(=O)OCc1ccccc1)C(=O)NC1CCN(C(=O)[C@H](CC(C)C)N(C)C(=O)OCc2ccccc2)CC1=O. The zero-order valence-corrected chi connectivity index (χ0v) is 26.9. The number of alkyl carbamates (subject to hydrolysis) is 1. The maximum atomic E-state index is 13.6. The van der Waals surface area contributed by atoms with Crippen LogP contribution in [0.4, 0.5) is 9.59 Å². The molecular formula is C34H46N4O7. The highest BCUT2D eigenvalue weighted by Gasteiger charge is 2.37. The number of benzene rings is 2. The van der Waals surface area contributed by atoms with Crippen molar-refractivity contribution < 1.29 is 33.4 Å². The average Bonchev–Trinajstić information content (AvgIpc) is 3.02. The van der Waals surface area contributed by atoms with Gasteiger partial charge in [-0.1, -0.05) is 88.4 Å². The molecular weight excluding hydrogens is 576 g/mol. The van der Waals surface area contributed by atoms with Crippen LogP contribution in [-0.2, 0) is 37.1 Å². The molecule has 1 fully saturated rings. The smallest absolute Gasteiger partial charge is 0.410 e. The molecule has 0 aromatic heterocycles. The van der Waals surface area contributed by atoms with Crippen molar-refractivity contribution in [1.82, 2.24) is 20.4 Å². The lowest BCUT2D eigenvalue weighted by Crippen LogP contribution is -2.59. The van der Waals surface area contributed by atoms with Crippen molar-refractivity contribution in [2.24, 2.45) is 11.8 Å². The molecule has 2 aromatic carbocycles. The molecule has 4 amide bonds. The quantitative estimate of drug-likeness (QED) is 0.340. The maximum absolute atomic E-state index is 13.6. The fourth-order valence-electron chi connectivity index (χ4n) is 5.08. The lowest BCUT2D eigenvalue weighted by Gasteiger charge is -2.36. The van der Waals surface area contributed by atoms with E-state index in [0.29, 0.717) is 12.8 Å². The largest absolute Gasteiger partial charge is 0.445 e. The Hall–Kier alpha value is -4.41. The van der Waals surface area contributed by atoms with Gasteiger partial charge in [-0.05, 0) is 42.2 Å². The second-order valence-electron chi connectivity index (χ2n) is 12.3. The molecule has 11 heteroatoms. The first-order chi connectivity index (χ1) is 21.4. The number of rotatable bonds is 13. The van der Waals surface area contributed by atoms with Gasteiger partial charge in [0, 0.05) is 13.6 Å². The number of nitrogens with one attached hydrogen (secondary N) is 2. The highest BCUT2D eigenvalue weighted by atomic mass is 16.6. The van der Waals surface area contributed by atoms with Crippen LogP contribution in [0, 0.1) is 11.8 Å². The molecule has 45 heavy (non-hydrogen) atoms. The van der Waals surface area contributed by atoms with Gasteiger partial charge in [-0.15, -0.1) is 0 Å². The summed E-state index contributed by atoms with van der Waals surface area (Å²) in [6.07, 6.45) is -0.406. The number of ketones is 1. The highest BCUT2D eigenvalue weighted by Crippen LogP contribution is 2.18. The third-order valence-corrected chi connectivity index (χ3v) is 7.52. The standard InChI is InChI=1S/C34H46N4O7/c1-23(2)18-28(36-33(42)44-21-25-12-8-6-9-13-25)31(40)35-27-16-17-38(20-30(27)39)32(41)29(19-24(3)4)37(5)34(43)45-22-26-14-10-7-11-15-26/h6-15,23-24,27-29H,16-22H2,1-5H3,(H,35,40)(H,36,42)/t27?,28-,29-/m0/s1. The summed E-state index contributed by atoms with van der Waals surface area (Å²) in [5.74, 6) is -0.977. The van der Waals surface area contributed by atoms with Crippen molar-refractivity contribution in [1.29, 1.82) is 0 Å². The van der Waals surface area contributed by atoms with Crippen molar-refractivity contribution in [2.45, 2.75) is 78.3 Å². The molecule has 1 aliphatic rings. The van der Waals surface area contributed by atoms with E-state index >= 15 is 0 Å². The average molecular weight is 623 g/mol. The number of likely N-dealkylation sites (N-methyl/N-ethyl adjacent to an activating group) is 1. The Balaban J connectivity index is 1.57. The van der Waals surface area contributed by atoms with Gasteiger partial charge in [0.1, 0.15) is 25.3 Å². The Labute approximate surface area is 265 Å². The van der Waals surface area contributed by atoms with Gasteiger partial charge in [0.2, 0.25) is 11.8 Å². The number of amides is 4. The normalized spacial score (nSPS) is 16.1. The summed E-state index contributed by atoms with van der Waals surface area (Å²) in [6, 6.07) is 15.9. The first kappa shape index (κ1) is 35.1. The Kier molecular flexibility index (Phi) is 13.4. The lowest BCUT2D eigenvalue weighted by atomic mass is 9.97. The van der Waals surface area contributed by atoms with Crippen LogP contribution in [0.3, 0.4) is 0 Å². The number of Topliss-reactive ketones (excluding diaryl/α,β-unsaturated/α-hetero) is 1. The molecule has 0 saturated carbocycles. The van der Waals surface area contributed by atoms with Crippen LogP contribution in [0.2, 0.25) is 0 Å². The van der Waals surface area contributed by atoms with Crippen molar-refractivity contribution in [3.05, 3.63) is 71.8 Å². The summed E-state index contributed by atoms with van der Waals surface area (Å²) in [7, 11) is 1.53. The molecule has 0 bridgehead atoms. The van der Waals surface area contributed by atoms with Gasteiger partial charge in [0.05, 0.1) is 12.6 Å². The topological polar surface area (TPSA) is 134 Å². The van der Waals surface area contributed by atoms with Crippen molar-refractivity contribution in [3.63, 3.8) is 0 Å². The third kappa shape index (κ3) is 11.2. The molecule has 3 atom stereocenters. The van der Waals surface area contributed by atoms with Crippen LogP contribution in [0.1, 0.15) is 58.1 Å². The van der Waals surface area contributed by atoms with Crippen molar-refractivity contribution >= 4 is 29.8 Å². The van der Waals surface area contributed by atoms with E-state index in [-0.39, 0.29) is 56.3 Å². The molecule has 244 valence electrons. The van der Waals surface area contributed by atoms with E-state index < -0.39 is 36.2 Å². The molecule has 2 aromatic rings. The third-order valence-electron chi connectivity index (χ3n) is 7.52. The molecule has 0 aliphatic carbocycles. The zero-order valence-electron chi connectivity index (χ0n) is 26.9. The summed E-state index contributed by atoms with van der Waals surface area (Å²) in [5, 5.41) is 5.39.